The van der Waals surface area contributed by atoms with E-state index in [1.165, 1.54) is 11.0 Å². The van der Waals surface area contributed by atoms with E-state index in [0.29, 0.717) is 6.42 Å². The quantitative estimate of drug-likeness (QED) is 0.691. The number of piperazine rings is 1. The zero-order chi connectivity index (χ0) is 12.6. The molecule has 0 saturated carbocycles. The Hall–Kier alpha value is -1.37. The molecule has 17 heavy (non-hydrogen) atoms. The lowest BCUT2D eigenvalue weighted by Gasteiger charge is -2.37. The molecule has 0 spiro atoms. The minimum absolute atomic E-state index is 0.0558. The van der Waals surface area contributed by atoms with Crippen LogP contribution in [0.2, 0.25) is 0 Å². The predicted octanol–water partition coefficient (Wildman–Crippen LogP) is -0.966. The highest BCUT2D eigenvalue weighted by atomic mass is 32.2. The summed E-state index contributed by atoms with van der Waals surface area (Å²) in [5.74, 6) is -0.573. The van der Waals surface area contributed by atoms with Gasteiger partial charge in [-0.05, 0) is 12.5 Å². The number of carbonyl (C=O) groups excluding carboxylic acids is 2. The average Bonchev–Trinajstić information content (AvgIpc) is 2.61. The summed E-state index contributed by atoms with van der Waals surface area (Å²) < 4.78 is 22.7. The molecule has 7 heteroatoms. The highest BCUT2D eigenvalue weighted by Gasteiger charge is 2.39. The molecule has 2 rings (SSSR count). The van der Waals surface area contributed by atoms with E-state index in [1.807, 2.05) is 0 Å². The van der Waals surface area contributed by atoms with Crippen LogP contribution in [-0.4, -0.2) is 49.5 Å². The van der Waals surface area contributed by atoms with E-state index < -0.39 is 21.9 Å². The van der Waals surface area contributed by atoms with E-state index >= 15 is 0 Å². The van der Waals surface area contributed by atoms with E-state index in [1.54, 1.807) is 6.92 Å². The topological polar surface area (TPSA) is 83.6 Å². The van der Waals surface area contributed by atoms with E-state index in [2.05, 4.69) is 5.32 Å². The summed E-state index contributed by atoms with van der Waals surface area (Å²) in [5, 5.41) is 3.62. The lowest BCUT2D eigenvalue weighted by molar-refractivity contribution is -0.146. The van der Waals surface area contributed by atoms with Crippen molar-refractivity contribution in [3.05, 3.63) is 11.5 Å². The Labute approximate surface area is 99.6 Å². The molecule has 2 unspecified atom stereocenters. The Bertz CT molecular complexity index is 483. The normalized spacial score (nSPS) is 31.7. The van der Waals surface area contributed by atoms with Crippen molar-refractivity contribution in [3.8, 4) is 0 Å². The first-order valence-electron chi connectivity index (χ1n) is 5.44. The summed E-state index contributed by atoms with van der Waals surface area (Å²) in [7, 11) is -3.22. The number of carbonyl (C=O) groups is 2. The van der Waals surface area contributed by atoms with Crippen LogP contribution in [0.4, 0.5) is 0 Å². The van der Waals surface area contributed by atoms with Crippen LogP contribution < -0.4 is 5.32 Å². The van der Waals surface area contributed by atoms with E-state index in [9.17, 15) is 18.0 Å². The molecule has 1 saturated heterocycles. The molecule has 2 aliphatic rings. The molecule has 6 nitrogen and oxygen atoms in total. The molecular weight excluding hydrogens is 244 g/mol. The van der Waals surface area contributed by atoms with Gasteiger partial charge in [0.25, 0.3) is 0 Å². The number of hydrogen-bond donors (Lipinski definition) is 1. The van der Waals surface area contributed by atoms with Crippen LogP contribution >= 0.6 is 0 Å². The highest BCUT2D eigenvalue weighted by molar-refractivity contribution is 7.94. The standard InChI is InChI=1S/C10H14N2O4S/c1-2-8-10(14)11-5-9(13)12(8)7-3-4-17(15,16)6-7/h3-4,7-8H,2,5-6H2,1H3,(H,11,14). The first-order chi connectivity index (χ1) is 7.94. The fourth-order valence-corrected chi connectivity index (χ4v) is 3.48. The van der Waals surface area contributed by atoms with Gasteiger partial charge >= 0.3 is 0 Å². The third-order valence-corrected chi connectivity index (χ3v) is 4.37. The minimum atomic E-state index is -3.22. The Morgan fingerprint density at radius 2 is 2.18 bits per heavy atom. The lowest BCUT2D eigenvalue weighted by Crippen LogP contribution is -2.61. The van der Waals surface area contributed by atoms with Crippen LogP contribution in [0.25, 0.3) is 0 Å². The van der Waals surface area contributed by atoms with Crippen LogP contribution in [0.15, 0.2) is 11.5 Å². The summed E-state index contributed by atoms with van der Waals surface area (Å²) in [4.78, 5) is 24.8. The van der Waals surface area contributed by atoms with Crippen LogP contribution in [0.1, 0.15) is 13.3 Å². The molecule has 0 bridgehead atoms. The number of nitrogens with zero attached hydrogens (tertiary/aromatic N) is 1. The third kappa shape index (κ3) is 2.19. The molecule has 1 N–H and O–H groups in total. The van der Waals surface area contributed by atoms with Gasteiger partial charge in [-0.3, -0.25) is 9.59 Å². The molecule has 0 aromatic rings. The second kappa shape index (κ2) is 4.14. The van der Waals surface area contributed by atoms with E-state index in [4.69, 9.17) is 0 Å². The monoisotopic (exact) mass is 258 g/mol. The smallest absolute Gasteiger partial charge is 0.243 e. The summed E-state index contributed by atoms with van der Waals surface area (Å²) in [5.41, 5.74) is 0. The Morgan fingerprint density at radius 1 is 1.47 bits per heavy atom. The molecule has 0 aromatic heterocycles. The third-order valence-electron chi connectivity index (χ3n) is 3.00. The molecule has 2 heterocycles. The van der Waals surface area contributed by atoms with Gasteiger partial charge in [0.05, 0.1) is 18.3 Å². The van der Waals surface area contributed by atoms with Crippen molar-refractivity contribution in [2.45, 2.75) is 25.4 Å². The van der Waals surface area contributed by atoms with Gasteiger partial charge in [-0.15, -0.1) is 0 Å². The molecule has 2 amide bonds. The van der Waals surface area contributed by atoms with Crippen LogP contribution in [0.3, 0.4) is 0 Å². The van der Waals surface area contributed by atoms with Crippen LogP contribution in [0, 0.1) is 0 Å². The van der Waals surface area contributed by atoms with Gasteiger partial charge in [0.1, 0.15) is 6.04 Å². The molecule has 2 aliphatic heterocycles. The van der Waals surface area contributed by atoms with Crippen molar-refractivity contribution in [1.29, 1.82) is 0 Å². The lowest BCUT2D eigenvalue weighted by atomic mass is 10.1. The van der Waals surface area contributed by atoms with Gasteiger partial charge in [-0.1, -0.05) is 6.92 Å². The second-order valence-electron chi connectivity index (χ2n) is 4.17. The first kappa shape index (κ1) is 12.1. The minimum Gasteiger partial charge on any atom is -0.345 e. The van der Waals surface area contributed by atoms with E-state index in [-0.39, 0.29) is 24.1 Å². The van der Waals surface area contributed by atoms with Gasteiger partial charge < -0.3 is 10.2 Å². The molecule has 1 fully saturated rings. The number of amides is 2. The average molecular weight is 258 g/mol. The Kier molecular flexibility index (Phi) is 2.94. The zero-order valence-electron chi connectivity index (χ0n) is 9.42. The maximum atomic E-state index is 11.8. The van der Waals surface area contributed by atoms with Crippen LogP contribution in [-0.2, 0) is 19.4 Å². The van der Waals surface area contributed by atoms with Crippen molar-refractivity contribution in [1.82, 2.24) is 10.2 Å². The van der Waals surface area contributed by atoms with Gasteiger partial charge in [0.15, 0.2) is 9.84 Å². The maximum Gasteiger partial charge on any atom is 0.243 e. The highest BCUT2D eigenvalue weighted by Crippen LogP contribution is 2.20. The van der Waals surface area contributed by atoms with Gasteiger partial charge in [0.2, 0.25) is 11.8 Å². The van der Waals surface area contributed by atoms with Crippen molar-refractivity contribution in [3.63, 3.8) is 0 Å². The zero-order valence-corrected chi connectivity index (χ0v) is 10.2. The summed E-state index contributed by atoms with van der Waals surface area (Å²) in [6.07, 6.45) is 1.95. The number of rotatable bonds is 2. The molecule has 0 aliphatic carbocycles. The SMILES string of the molecule is CCC1C(=O)NCC(=O)N1C1C=CS(=O)(=O)C1. The fraction of sp³-hybridized carbons (Fsp3) is 0.600. The molecular formula is C10H14N2O4S. The number of nitrogens with one attached hydrogen (secondary N) is 1. The molecule has 0 aromatic carbocycles. The van der Waals surface area contributed by atoms with E-state index in [0.717, 1.165) is 5.41 Å². The largest absolute Gasteiger partial charge is 0.345 e. The number of sulfone groups is 1. The van der Waals surface area contributed by atoms with Gasteiger partial charge in [0, 0.05) is 5.41 Å². The summed E-state index contributed by atoms with van der Waals surface area (Å²) in [6, 6.07) is -1.08. The molecule has 2 atom stereocenters. The van der Waals surface area contributed by atoms with Crippen molar-refractivity contribution >= 4 is 21.7 Å². The van der Waals surface area contributed by atoms with Crippen molar-refractivity contribution < 1.29 is 18.0 Å². The van der Waals surface area contributed by atoms with Gasteiger partial charge in [-0.2, -0.15) is 0 Å². The van der Waals surface area contributed by atoms with Gasteiger partial charge in [-0.25, -0.2) is 8.42 Å². The Morgan fingerprint density at radius 3 is 2.71 bits per heavy atom. The van der Waals surface area contributed by atoms with Crippen molar-refractivity contribution in [2.75, 3.05) is 12.3 Å². The Balaban J connectivity index is 2.26. The second-order valence-corrected chi connectivity index (χ2v) is 6.10. The first-order valence-corrected chi connectivity index (χ1v) is 7.16. The molecule has 0 radical (unpaired) electrons. The summed E-state index contributed by atoms with van der Waals surface area (Å²) >= 11 is 0. The van der Waals surface area contributed by atoms with Crippen molar-refractivity contribution in [2.24, 2.45) is 0 Å². The van der Waals surface area contributed by atoms with Crippen LogP contribution in [0.5, 0.6) is 0 Å². The predicted molar refractivity (Wildman–Crippen MR) is 60.6 cm³/mol. The maximum absolute atomic E-state index is 11.8. The molecule has 94 valence electrons. The number of hydrogen-bond acceptors (Lipinski definition) is 4. The fourth-order valence-electron chi connectivity index (χ4n) is 2.20. The summed E-state index contributed by atoms with van der Waals surface area (Å²) in [6.45, 7) is 1.74.